The number of amides is 1. The van der Waals surface area contributed by atoms with Crippen LogP contribution < -0.4 is 5.73 Å². The summed E-state index contributed by atoms with van der Waals surface area (Å²) in [5.74, 6) is -2.18. The summed E-state index contributed by atoms with van der Waals surface area (Å²) in [5, 5.41) is 5.34. The molecule has 4 nitrogen and oxygen atoms in total. The molecule has 0 aliphatic carbocycles. The molecule has 0 fully saturated rings. The van der Waals surface area contributed by atoms with Crippen molar-refractivity contribution in [3.8, 4) is 0 Å². The molecule has 2 rings (SSSR count). The van der Waals surface area contributed by atoms with Gasteiger partial charge in [0.25, 0.3) is 5.91 Å². The lowest BCUT2D eigenvalue weighted by Gasteiger charge is -2.19. The van der Waals surface area contributed by atoms with Crippen LogP contribution in [-0.2, 0) is 17.1 Å². The number of alkyl halides is 6. The monoisotopic (exact) mass is 543 g/mol. The Morgan fingerprint density at radius 2 is 1.68 bits per heavy atom. The summed E-state index contributed by atoms with van der Waals surface area (Å²) in [6, 6.07) is 1.25. The van der Waals surface area contributed by atoms with Gasteiger partial charge in [-0.15, -0.1) is 0 Å². The van der Waals surface area contributed by atoms with Gasteiger partial charge in [-0.05, 0) is 62.1 Å². The zero-order chi connectivity index (χ0) is 28.8. The third-order valence-electron chi connectivity index (χ3n) is 5.69. The van der Waals surface area contributed by atoms with Gasteiger partial charge in [0.05, 0.1) is 22.4 Å². The number of hydrogen-bond acceptors (Lipinski definition) is 3. The number of rotatable bonds is 7. The van der Waals surface area contributed by atoms with E-state index < -0.39 is 41.1 Å². The third kappa shape index (κ3) is 8.19. The first-order chi connectivity index (χ1) is 17.6. The zero-order valence-corrected chi connectivity index (χ0v) is 21.2. The standard InChI is InChI=1S/C27H28F7N3O/c1-5-16(3)10-18(13-22(28)6-2)23(25(35)38)15-37-9-7-8-17(4)24(36-37)19-11-20(26(29,30)31)14-21(12-19)27(32,33)34/h6-7,9-15,17H,5,8H2,1-4H3,(H2,35,38)/b16-10?,18-13+,22-6+,23-15+. The molecule has 0 radical (unpaired) electrons. The molecule has 38 heavy (non-hydrogen) atoms. The fourth-order valence-corrected chi connectivity index (χ4v) is 3.47. The molecule has 0 bridgehead atoms. The zero-order valence-electron chi connectivity index (χ0n) is 21.2. The summed E-state index contributed by atoms with van der Waals surface area (Å²) in [5.41, 5.74) is 2.92. The molecule has 0 aromatic heterocycles. The second-order valence-electron chi connectivity index (χ2n) is 8.71. The molecule has 0 spiro atoms. The van der Waals surface area contributed by atoms with Gasteiger partial charge in [0, 0.05) is 18.3 Å². The summed E-state index contributed by atoms with van der Waals surface area (Å²) in [6.07, 6.45) is -1.28. The molecule has 11 heteroatoms. The molecule has 206 valence electrons. The summed E-state index contributed by atoms with van der Waals surface area (Å²) in [6.45, 7) is 6.66. The van der Waals surface area contributed by atoms with E-state index in [2.05, 4.69) is 5.10 Å². The van der Waals surface area contributed by atoms with Crippen molar-refractivity contribution < 1.29 is 35.5 Å². The molecule has 1 aliphatic heterocycles. The minimum absolute atomic E-state index is 0.0435. The van der Waals surface area contributed by atoms with Gasteiger partial charge in [-0.2, -0.15) is 31.4 Å². The largest absolute Gasteiger partial charge is 0.416 e. The lowest BCUT2D eigenvalue weighted by atomic mass is 9.93. The van der Waals surface area contributed by atoms with Gasteiger partial charge in [0.1, 0.15) is 5.83 Å². The third-order valence-corrected chi connectivity index (χ3v) is 5.69. The molecule has 1 heterocycles. The van der Waals surface area contributed by atoms with Crippen LogP contribution in [0, 0.1) is 5.92 Å². The molecular weight excluding hydrogens is 515 g/mol. The number of benzene rings is 1. The number of nitrogens with two attached hydrogens (primary N) is 1. The van der Waals surface area contributed by atoms with E-state index in [1.807, 2.05) is 6.92 Å². The summed E-state index contributed by atoms with van der Waals surface area (Å²) in [7, 11) is 0. The van der Waals surface area contributed by atoms with Crippen LogP contribution in [0.25, 0.3) is 0 Å². The van der Waals surface area contributed by atoms with Crippen LogP contribution in [0.4, 0.5) is 30.7 Å². The maximum absolute atomic E-state index is 14.1. The average Bonchev–Trinajstić information content (AvgIpc) is 3.01. The number of carbonyl (C=O) groups excluding carboxylic acids is 1. The summed E-state index contributed by atoms with van der Waals surface area (Å²) in [4.78, 5) is 12.4. The van der Waals surface area contributed by atoms with Crippen LogP contribution in [0.15, 0.2) is 82.6 Å². The number of primary amides is 1. The lowest BCUT2D eigenvalue weighted by molar-refractivity contribution is -0.143. The van der Waals surface area contributed by atoms with Crippen LogP contribution in [0.2, 0.25) is 0 Å². The van der Waals surface area contributed by atoms with E-state index in [-0.39, 0.29) is 34.9 Å². The fraction of sp³-hybridized carbons (Fsp3) is 0.333. The summed E-state index contributed by atoms with van der Waals surface area (Å²) >= 11 is 0. The van der Waals surface area contributed by atoms with Gasteiger partial charge in [-0.1, -0.05) is 37.6 Å². The highest BCUT2D eigenvalue weighted by Gasteiger charge is 2.37. The second-order valence-corrected chi connectivity index (χ2v) is 8.71. The maximum atomic E-state index is 14.1. The topological polar surface area (TPSA) is 58.7 Å². The van der Waals surface area contributed by atoms with Crippen LogP contribution in [0.3, 0.4) is 0 Å². The Morgan fingerprint density at radius 3 is 2.16 bits per heavy atom. The number of carbonyl (C=O) groups is 1. The van der Waals surface area contributed by atoms with Crippen LogP contribution in [0.1, 0.15) is 57.2 Å². The van der Waals surface area contributed by atoms with E-state index in [0.29, 0.717) is 18.6 Å². The van der Waals surface area contributed by atoms with E-state index in [9.17, 15) is 35.5 Å². The van der Waals surface area contributed by atoms with Crippen molar-refractivity contribution in [2.24, 2.45) is 16.8 Å². The van der Waals surface area contributed by atoms with E-state index in [1.54, 1.807) is 26.0 Å². The number of nitrogens with zero attached hydrogens (tertiary/aromatic N) is 2. The first kappa shape index (κ1) is 30.6. The maximum Gasteiger partial charge on any atom is 0.416 e. The van der Waals surface area contributed by atoms with Crippen molar-refractivity contribution in [1.82, 2.24) is 5.01 Å². The molecule has 1 aromatic rings. The Morgan fingerprint density at radius 1 is 1.11 bits per heavy atom. The average molecular weight is 544 g/mol. The molecule has 1 aromatic carbocycles. The van der Waals surface area contributed by atoms with Gasteiger partial charge < -0.3 is 5.73 Å². The van der Waals surface area contributed by atoms with E-state index in [1.165, 1.54) is 19.2 Å². The van der Waals surface area contributed by atoms with Gasteiger partial charge in [-0.3, -0.25) is 4.79 Å². The van der Waals surface area contributed by atoms with Gasteiger partial charge >= 0.3 is 12.4 Å². The molecule has 1 amide bonds. The lowest BCUT2D eigenvalue weighted by Crippen LogP contribution is -2.20. The number of hydrogen-bond donors (Lipinski definition) is 1. The molecule has 2 N–H and O–H groups in total. The second kappa shape index (κ2) is 12.3. The number of hydrazone groups is 1. The molecule has 0 saturated heterocycles. The minimum atomic E-state index is -5.03. The van der Waals surface area contributed by atoms with Crippen molar-refractivity contribution in [3.05, 3.63) is 94.1 Å². The van der Waals surface area contributed by atoms with Gasteiger partial charge in [-0.25, -0.2) is 9.40 Å². The van der Waals surface area contributed by atoms with Gasteiger partial charge in [0.2, 0.25) is 0 Å². The Kier molecular flexibility index (Phi) is 9.88. The predicted molar refractivity (Wildman–Crippen MR) is 132 cm³/mol. The molecule has 0 saturated carbocycles. The predicted octanol–water partition coefficient (Wildman–Crippen LogP) is 7.81. The number of allylic oxidation sites excluding steroid dienone is 6. The Bertz CT molecular complexity index is 1200. The Balaban J connectivity index is 2.77. The molecule has 1 aliphatic rings. The van der Waals surface area contributed by atoms with E-state index >= 15 is 0 Å². The van der Waals surface area contributed by atoms with Crippen molar-refractivity contribution in [1.29, 1.82) is 0 Å². The van der Waals surface area contributed by atoms with Crippen molar-refractivity contribution in [2.45, 2.75) is 52.9 Å². The SMILES string of the molecule is C\C=C(F)/C=C(C=C(C)CC)/C(=C\N1C=CCC(C)C(c2cc(C(F)(F)F)cc(C(F)(F)F)c2)=N1)C(N)=O. The van der Waals surface area contributed by atoms with Crippen LogP contribution in [-0.4, -0.2) is 16.6 Å². The van der Waals surface area contributed by atoms with Crippen LogP contribution in [0.5, 0.6) is 0 Å². The molecule has 1 atom stereocenters. The smallest absolute Gasteiger partial charge is 0.366 e. The van der Waals surface area contributed by atoms with E-state index in [4.69, 9.17) is 5.73 Å². The quantitative estimate of drug-likeness (QED) is 0.217. The highest BCUT2D eigenvalue weighted by Crippen LogP contribution is 2.37. The van der Waals surface area contributed by atoms with Crippen LogP contribution >= 0.6 is 0 Å². The molecule has 1 unspecified atom stereocenters. The first-order valence-corrected chi connectivity index (χ1v) is 11.6. The Labute approximate surface area is 216 Å². The number of halogens is 7. The highest BCUT2D eigenvalue weighted by atomic mass is 19.4. The Hall–Kier alpha value is -3.63. The first-order valence-electron chi connectivity index (χ1n) is 11.6. The normalized spacial score (nSPS) is 18.4. The van der Waals surface area contributed by atoms with Crippen molar-refractivity contribution >= 4 is 11.6 Å². The van der Waals surface area contributed by atoms with Crippen molar-refractivity contribution in [2.75, 3.05) is 0 Å². The fourth-order valence-electron chi connectivity index (χ4n) is 3.47. The summed E-state index contributed by atoms with van der Waals surface area (Å²) < 4.78 is 94.8. The van der Waals surface area contributed by atoms with Gasteiger partial charge in [0.15, 0.2) is 0 Å². The minimum Gasteiger partial charge on any atom is -0.366 e. The van der Waals surface area contributed by atoms with E-state index in [0.717, 1.165) is 22.9 Å². The van der Waals surface area contributed by atoms with Crippen molar-refractivity contribution in [3.63, 3.8) is 0 Å². The molecular formula is C27H28F7N3O. The highest BCUT2D eigenvalue weighted by molar-refractivity contribution is 6.02.